The van der Waals surface area contributed by atoms with E-state index in [4.69, 9.17) is 4.74 Å². The van der Waals surface area contributed by atoms with E-state index in [1.165, 1.54) is 36.4 Å². The monoisotopic (exact) mass is 469 g/mol. The Morgan fingerprint density at radius 1 is 0.971 bits per heavy atom. The van der Waals surface area contributed by atoms with Gasteiger partial charge in [0.15, 0.2) is 18.1 Å². The van der Waals surface area contributed by atoms with Crippen LogP contribution in [0, 0.1) is 0 Å². The van der Waals surface area contributed by atoms with Crippen molar-refractivity contribution in [3.05, 3.63) is 89.9 Å². The van der Waals surface area contributed by atoms with Crippen LogP contribution in [-0.2, 0) is 17.5 Å². The number of ether oxygens (including phenoxy) is 1. The number of fused-ring (bicyclic) bond motifs is 1. The molecule has 11 heteroatoms. The first-order valence-corrected chi connectivity index (χ1v) is 10.1. The number of pyridine rings is 1. The SMILES string of the molecule is O=C(COc1ccc(C(=O)NCc2nnc3ccccn23)cc1)Nc1cccc(C(F)(F)F)c1. The number of benzene rings is 2. The molecule has 4 rings (SSSR count). The molecule has 0 saturated heterocycles. The van der Waals surface area contributed by atoms with E-state index >= 15 is 0 Å². The number of anilines is 1. The van der Waals surface area contributed by atoms with Crippen LogP contribution in [0.3, 0.4) is 0 Å². The molecule has 2 heterocycles. The first kappa shape index (κ1) is 22.8. The van der Waals surface area contributed by atoms with Crippen LogP contribution < -0.4 is 15.4 Å². The standard InChI is InChI=1S/C23H18F3N5O3/c24-23(25,26)16-4-3-5-17(12-16)28-21(32)14-34-18-9-7-15(8-10-18)22(33)27-13-20-30-29-19-6-1-2-11-31(19)20/h1-12H,13-14H2,(H,27,33)(H,28,32). The summed E-state index contributed by atoms with van der Waals surface area (Å²) < 4.78 is 45.4. The topological polar surface area (TPSA) is 97.6 Å². The van der Waals surface area contributed by atoms with Gasteiger partial charge in [0, 0.05) is 17.4 Å². The van der Waals surface area contributed by atoms with Crippen molar-refractivity contribution in [3.8, 4) is 5.75 Å². The minimum absolute atomic E-state index is 0.0101. The molecule has 0 aliphatic rings. The van der Waals surface area contributed by atoms with Crippen LogP contribution in [0.5, 0.6) is 5.75 Å². The molecule has 4 aromatic rings. The fraction of sp³-hybridized carbons (Fsp3) is 0.130. The zero-order valence-electron chi connectivity index (χ0n) is 17.5. The van der Waals surface area contributed by atoms with Gasteiger partial charge < -0.3 is 15.4 Å². The third-order valence-electron chi connectivity index (χ3n) is 4.75. The summed E-state index contributed by atoms with van der Waals surface area (Å²) in [5.74, 6) is -0.0573. The number of halogens is 3. The second-order valence-electron chi connectivity index (χ2n) is 7.17. The van der Waals surface area contributed by atoms with Gasteiger partial charge in [0.2, 0.25) is 0 Å². The van der Waals surface area contributed by atoms with Gasteiger partial charge in [-0.15, -0.1) is 10.2 Å². The van der Waals surface area contributed by atoms with E-state index < -0.39 is 24.3 Å². The quantitative estimate of drug-likeness (QED) is 0.430. The molecule has 0 fully saturated rings. The normalized spacial score (nSPS) is 11.3. The predicted octanol–water partition coefficient (Wildman–Crippen LogP) is 3.70. The van der Waals surface area contributed by atoms with E-state index in [0.717, 1.165) is 12.1 Å². The second-order valence-corrected chi connectivity index (χ2v) is 7.17. The first-order chi connectivity index (χ1) is 16.3. The highest BCUT2D eigenvalue weighted by Crippen LogP contribution is 2.30. The van der Waals surface area contributed by atoms with Crippen LogP contribution in [-0.4, -0.2) is 33.0 Å². The van der Waals surface area contributed by atoms with E-state index in [9.17, 15) is 22.8 Å². The third-order valence-corrected chi connectivity index (χ3v) is 4.75. The molecule has 174 valence electrons. The van der Waals surface area contributed by atoms with Crippen LogP contribution in [0.2, 0.25) is 0 Å². The fourth-order valence-electron chi connectivity index (χ4n) is 3.09. The first-order valence-electron chi connectivity index (χ1n) is 10.1. The van der Waals surface area contributed by atoms with Gasteiger partial charge in [-0.25, -0.2) is 0 Å². The average molecular weight is 469 g/mol. The average Bonchev–Trinajstić information content (AvgIpc) is 3.24. The Kier molecular flexibility index (Phi) is 6.44. The number of carbonyl (C=O) groups excluding carboxylic acids is 2. The van der Waals surface area contributed by atoms with Crippen molar-refractivity contribution in [2.75, 3.05) is 11.9 Å². The van der Waals surface area contributed by atoms with Gasteiger partial charge in [-0.2, -0.15) is 13.2 Å². The summed E-state index contributed by atoms with van der Waals surface area (Å²) in [5.41, 5.74) is 0.188. The summed E-state index contributed by atoms with van der Waals surface area (Å²) in [6.45, 7) is -0.236. The Bertz CT molecular complexity index is 1320. The van der Waals surface area contributed by atoms with E-state index in [0.29, 0.717) is 22.8 Å². The number of carbonyl (C=O) groups is 2. The lowest BCUT2D eigenvalue weighted by molar-refractivity contribution is -0.137. The summed E-state index contributed by atoms with van der Waals surface area (Å²) in [6, 6.07) is 15.9. The molecule has 0 aliphatic heterocycles. The number of hydrogen-bond acceptors (Lipinski definition) is 5. The van der Waals surface area contributed by atoms with Crippen molar-refractivity contribution < 1.29 is 27.5 Å². The number of alkyl halides is 3. The molecule has 0 spiro atoms. The Morgan fingerprint density at radius 3 is 2.53 bits per heavy atom. The molecular formula is C23H18F3N5O3. The molecule has 2 amide bonds. The molecule has 2 N–H and O–H groups in total. The fourth-order valence-corrected chi connectivity index (χ4v) is 3.09. The van der Waals surface area contributed by atoms with Crippen LogP contribution in [0.1, 0.15) is 21.7 Å². The van der Waals surface area contributed by atoms with Crippen LogP contribution in [0.15, 0.2) is 72.9 Å². The molecule has 2 aromatic carbocycles. The number of rotatable bonds is 7. The highest BCUT2D eigenvalue weighted by molar-refractivity contribution is 5.94. The van der Waals surface area contributed by atoms with Gasteiger partial charge in [-0.05, 0) is 54.6 Å². The number of nitrogens with zero attached hydrogens (tertiary/aromatic N) is 3. The van der Waals surface area contributed by atoms with Crippen molar-refractivity contribution in [1.82, 2.24) is 19.9 Å². The summed E-state index contributed by atoms with van der Waals surface area (Å²) in [7, 11) is 0. The summed E-state index contributed by atoms with van der Waals surface area (Å²) in [6.07, 6.45) is -2.71. The molecule has 8 nitrogen and oxygen atoms in total. The summed E-state index contributed by atoms with van der Waals surface area (Å²) in [5, 5.41) is 13.2. The maximum absolute atomic E-state index is 12.8. The Hall–Kier alpha value is -4.41. The number of amides is 2. The van der Waals surface area contributed by atoms with E-state index in [-0.39, 0.29) is 18.1 Å². The molecule has 34 heavy (non-hydrogen) atoms. The van der Waals surface area contributed by atoms with Crippen molar-refractivity contribution in [3.63, 3.8) is 0 Å². The van der Waals surface area contributed by atoms with Crippen LogP contribution >= 0.6 is 0 Å². The molecule has 0 unspecified atom stereocenters. The van der Waals surface area contributed by atoms with Crippen molar-refractivity contribution in [2.45, 2.75) is 12.7 Å². The highest BCUT2D eigenvalue weighted by Gasteiger charge is 2.30. The Morgan fingerprint density at radius 2 is 1.76 bits per heavy atom. The van der Waals surface area contributed by atoms with Crippen LogP contribution in [0.4, 0.5) is 18.9 Å². The number of nitrogens with one attached hydrogen (secondary N) is 2. The maximum atomic E-state index is 12.8. The smallest absolute Gasteiger partial charge is 0.416 e. The largest absolute Gasteiger partial charge is 0.484 e. The summed E-state index contributed by atoms with van der Waals surface area (Å²) >= 11 is 0. The molecule has 0 radical (unpaired) electrons. The number of aromatic nitrogens is 3. The van der Waals surface area contributed by atoms with Gasteiger partial charge in [0.25, 0.3) is 11.8 Å². The van der Waals surface area contributed by atoms with Gasteiger partial charge in [0.1, 0.15) is 5.75 Å². The maximum Gasteiger partial charge on any atom is 0.416 e. The van der Waals surface area contributed by atoms with Gasteiger partial charge in [0.05, 0.1) is 12.1 Å². The lowest BCUT2D eigenvalue weighted by Gasteiger charge is -2.11. The molecule has 2 aromatic heterocycles. The van der Waals surface area contributed by atoms with Crippen molar-refractivity contribution in [2.24, 2.45) is 0 Å². The zero-order chi connectivity index (χ0) is 24.1. The zero-order valence-corrected chi connectivity index (χ0v) is 17.5. The van der Waals surface area contributed by atoms with Crippen molar-refractivity contribution >= 4 is 23.1 Å². The molecule has 0 atom stereocenters. The lowest BCUT2D eigenvalue weighted by Crippen LogP contribution is -2.24. The lowest BCUT2D eigenvalue weighted by atomic mass is 10.2. The minimum Gasteiger partial charge on any atom is -0.484 e. The van der Waals surface area contributed by atoms with Gasteiger partial charge in [-0.1, -0.05) is 12.1 Å². The van der Waals surface area contributed by atoms with Crippen LogP contribution in [0.25, 0.3) is 5.65 Å². The summed E-state index contributed by atoms with van der Waals surface area (Å²) in [4.78, 5) is 24.4. The highest BCUT2D eigenvalue weighted by atomic mass is 19.4. The van der Waals surface area contributed by atoms with Gasteiger partial charge in [-0.3, -0.25) is 14.0 Å². The molecular weight excluding hydrogens is 451 g/mol. The van der Waals surface area contributed by atoms with Crippen molar-refractivity contribution in [1.29, 1.82) is 0 Å². The third kappa shape index (κ3) is 5.49. The molecule has 0 bridgehead atoms. The molecule has 0 saturated carbocycles. The second kappa shape index (κ2) is 9.61. The Balaban J connectivity index is 1.28. The van der Waals surface area contributed by atoms with E-state index in [2.05, 4.69) is 20.8 Å². The predicted molar refractivity (Wildman–Crippen MR) is 116 cm³/mol. The van der Waals surface area contributed by atoms with E-state index in [1.807, 2.05) is 12.1 Å². The number of hydrogen-bond donors (Lipinski definition) is 2. The Labute approximate surface area is 191 Å². The van der Waals surface area contributed by atoms with E-state index in [1.54, 1.807) is 16.7 Å². The molecule has 0 aliphatic carbocycles. The van der Waals surface area contributed by atoms with Gasteiger partial charge >= 0.3 is 6.18 Å². The minimum atomic E-state index is -4.51.